The molecule has 2 N–H and O–H groups in total. The molecule has 0 fully saturated rings. The summed E-state index contributed by atoms with van der Waals surface area (Å²) in [5.74, 6) is 0.720. The van der Waals surface area contributed by atoms with Crippen molar-refractivity contribution in [2.24, 2.45) is 0 Å². The number of benzene rings is 1. The number of hydrogen-bond donors (Lipinski definition) is 2. The van der Waals surface area contributed by atoms with Gasteiger partial charge < -0.3 is 19.9 Å². The van der Waals surface area contributed by atoms with Crippen LogP contribution in [0.15, 0.2) is 18.2 Å². The van der Waals surface area contributed by atoms with Crippen molar-refractivity contribution in [2.75, 3.05) is 26.9 Å². The van der Waals surface area contributed by atoms with Crippen LogP contribution in [0.3, 0.4) is 0 Å². The Kier molecular flexibility index (Phi) is 8.69. The summed E-state index contributed by atoms with van der Waals surface area (Å²) in [5.41, 5.74) is 0.963. The molecule has 2 atom stereocenters. The number of halogens is 1. The van der Waals surface area contributed by atoms with Crippen LogP contribution in [0.4, 0.5) is 0 Å². The standard InChI is InChI=1S/C16H26ClNO3/c1-4-5-13(10-20-3)18-9-14(19)11-21-15-6-7-16(17)12(2)8-15/h6-8,13-14,18-19H,4-5,9-11H2,1-3H3. The molecule has 0 saturated heterocycles. The Morgan fingerprint density at radius 1 is 1.33 bits per heavy atom. The number of hydrogen-bond acceptors (Lipinski definition) is 4. The number of aliphatic hydroxyl groups is 1. The first kappa shape index (κ1) is 18.2. The molecule has 1 aromatic rings. The zero-order chi connectivity index (χ0) is 15.7. The van der Waals surface area contributed by atoms with Crippen LogP contribution >= 0.6 is 11.6 Å². The van der Waals surface area contributed by atoms with Gasteiger partial charge in [-0.2, -0.15) is 0 Å². The number of rotatable bonds is 10. The fourth-order valence-corrected chi connectivity index (χ4v) is 2.17. The van der Waals surface area contributed by atoms with Crippen LogP contribution in [0, 0.1) is 6.92 Å². The summed E-state index contributed by atoms with van der Waals surface area (Å²) < 4.78 is 10.7. The van der Waals surface area contributed by atoms with Gasteiger partial charge in [-0.05, 0) is 37.1 Å². The Bertz CT molecular complexity index is 409. The molecule has 0 aliphatic rings. The van der Waals surface area contributed by atoms with Gasteiger partial charge in [-0.25, -0.2) is 0 Å². The molecule has 5 heteroatoms. The highest BCUT2D eigenvalue weighted by Gasteiger charge is 2.11. The zero-order valence-corrected chi connectivity index (χ0v) is 13.8. The van der Waals surface area contributed by atoms with Crippen LogP contribution in [0.5, 0.6) is 5.75 Å². The van der Waals surface area contributed by atoms with Crippen molar-refractivity contribution >= 4 is 11.6 Å². The minimum absolute atomic E-state index is 0.250. The molecule has 0 bridgehead atoms. The zero-order valence-electron chi connectivity index (χ0n) is 13.1. The Labute approximate surface area is 132 Å². The van der Waals surface area contributed by atoms with Crippen molar-refractivity contribution in [1.82, 2.24) is 5.32 Å². The van der Waals surface area contributed by atoms with Gasteiger partial charge in [0.25, 0.3) is 0 Å². The van der Waals surface area contributed by atoms with Gasteiger partial charge in [-0.15, -0.1) is 0 Å². The SMILES string of the molecule is CCCC(COC)NCC(O)COc1ccc(Cl)c(C)c1. The highest BCUT2D eigenvalue weighted by atomic mass is 35.5. The van der Waals surface area contributed by atoms with Crippen LogP contribution in [0.2, 0.25) is 5.02 Å². The highest BCUT2D eigenvalue weighted by Crippen LogP contribution is 2.21. The number of aryl methyl sites for hydroxylation is 1. The third-order valence-corrected chi connectivity index (χ3v) is 3.64. The predicted molar refractivity (Wildman–Crippen MR) is 86.3 cm³/mol. The molecule has 0 amide bonds. The minimum Gasteiger partial charge on any atom is -0.491 e. The van der Waals surface area contributed by atoms with E-state index in [4.69, 9.17) is 21.1 Å². The highest BCUT2D eigenvalue weighted by molar-refractivity contribution is 6.31. The summed E-state index contributed by atoms with van der Waals surface area (Å²) in [5, 5.41) is 14.0. The van der Waals surface area contributed by atoms with Gasteiger partial charge in [0.2, 0.25) is 0 Å². The molecule has 0 heterocycles. The largest absolute Gasteiger partial charge is 0.491 e. The van der Waals surface area contributed by atoms with Gasteiger partial charge >= 0.3 is 0 Å². The quantitative estimate of drug-likeness (QED) is 0.697. The van der Waals surface area contributed by atoms with E-state index >= 15 is 0 Å². The van der Waals surface area contributed by atoms with Crippen molar-refractivity contribution in [1.29, 1.82) is 0 Å². The Hall–Kier alpha value is -0.810. The molecule has 120 valence electrons. The minimum atomic E-state index is -0.558. The molecule has 1 aromatic carbocycles. The van der Waals surface area contributed by atoms with Crippen LogP contribution < -0.4 is 10.1 Å². The number of nitrogens with one attached hydrogen (secondary N) is 1. The summed E-state index contributed by atoms with van der Waals surface area (Å²) in [6.07, 6.45) is 1.55. The van der Waals surface area contributed by atoms with Gasteiger partial charge in [-0.3, -0.25) is 0 Å². The first-order valence-corrected chi connectivity index (χ1v) is 7.74. The Morgan fingerprint density at radius 2 is 2.10 bits per heavy atom. The Balaban J connectivity index is 2.32. The summed E-state index contributed by atoms with van der Waals surface area (Å²) in [4.78, 5) is 0. The lowest BCUT2D eigenvalue weighted by Crippen LogP contribution is -2.40. The van der Waals surface area contributed by atoms with Crippen LogP contribution in [0.25, 0.3) is 0 Å². The predicted octanol–water partition coefficient (Wildman–Crippen LogP) is 2.79. The van der Waals surface area contributed by atoms with E-state index < -0.39 is 6.10 Å². The molecule has 4 nitrogen and oxygen atoms in total. The van der Waals surface area contributed by atoms with E-state index in [-0.39, 0.29) is 12.6 Å². The monoisotopic (exact) mass is 315 g/mol. The molecular formula is C16H26ClNO3. The van der Waals surface area contributed by atoms with E-state index in [1.807, 2.05) is 13.0 Å². The second-order valence-electron chi connectivity index (χ2n) is 5.23. The molecule has 0 radical (unpaired) electrons. The van der Waals surface area contributed by atoms with E-state index in [1.165, 1.54) is 0 Å². The lowest BCUT2D eigenvalue weighted by atomic mass is 10.2. The van der Waals surface area contributed by atoms with Crippen molar-refractivity contribution in [3.63, 3.8) is 0 Å². The molecule has 0 aliphatic heterocycles. The molecule has 0 spiro atoms. The summed E-state index contributed by atoms with van der Waals surface area (Å²) >= 11 is 5.96. The average Bonchev–Trinajstić information content (AvgIpc) is 2.46. The molecule has 0 aromatic heterocycles. The van der Waals surface area contributed by atoms with Gasteiger partial charge in [0, 0.05) is 24.7 Å². The molecule has 0 aliphatic carbocycles. The van der Waals surface area contributed by atoms with Gasteiger partial charge in [0.1, 0.15) is 18.5 Å². The van der Waals surface area contributed by atoms with Crippen LogP contribution in [-0.4, -0.2) is 44.1 Å². The topological polar surface area (TPSA) is 50.7 Å². The number of ether oxygens (including phenoxy) is 2. The molecule has 2 unspecified atom stereocenters. The van der Waals surface area contributed by atoms with Crippen molar-refractivity contribution < 1.29 is 14.6 Å². The smallest absolute Gasteiger partial charge is 0.119 e. The van der Waals surface area contributed by atoms with Gasteiger partial charge in [0.05, 0.1) is 6.61 Å². The maximum atomic E-state index is 9.97. The van der Waals surface area contributed by atoms with E-state index in [1.54, 1.807) is 19.2 Å². The number of methoxy groups -OCH3 is 1. The summed E-state index contributed by atoms with van der Waals surface area (Å²) in [6.45, 7) is 5.44. The van der Waals surface area contributed by atoms with Crippen molar-refractivity contribution in [3.8, 4) is 5.75 Å². The first-order chi connectivity index (χ1) is 10.1. The lowest BCUT2D eigenvalue weighted by Gasteiger charge is -2.20. The molecular weight excluding hydrogens is 290 g/mol. The third-order valence-electron chi connectivity index (χ3n) is 3.22. The molecule has 21 heavy (non-hydrogen) atoms. The number of aliphatic hydroxyl groups excluding tert-OH is 1. The first-order valence-electron chi connectivity index (χ1n) is 7.36. The van der Waals surface area contributed by atoms with E-state index in [0.29, 0.717) is 18.2 Å². The van der Waals surface area contributed by atoms with Crippen molar-refractivity contribution in [2.45, 2.75) is 38.8 Å². The lowest BCUT2D eigenvalue weighted by molar-refractivity contribution is 0.0946. The molecule has 1 rings (SSSR count). The second-order valence-corrected chi connectivity index (χ2v) is 5.63. The van der Waals surface area contributed by atoms with E-state index in [2.05, 4.69) is 12.2 Å². The van der Waals surface area contributed by atoms with Crippen molar-refractivity contribution in [3.05, 3.63) is 28.8 Å². The maximum Gasteiger partial charge on any atom is 0.119 e. The Morgan fingerprint density at radius 3 is 2.71 bits per heavy atom. The normalized spacial score (nSPS) is 14.0. The van der Waals surface area contributed by atoms with Gasteiger partial charge in [0.15, 0.2) is 0 Å². The van der Waals surface area contributed by atoms with E-state index in [0.717, 1.165) is 24.2 Å². The maximum absolute atomic E-state index is 9.97. The fourth-order valence-electron chi connectivity index (χ4n) is 2.05. The average molecular weight is 316 g/mol. The fraction of sp³-hybridized carbons (Fsp3) is 0.625. The van der Waals surface area contributed by atoms with E-state index in [9.17, 15) is 5.11 Å². The summed E-state index contributed by atoms with van der Waals surface area (Å²) in [6, 6.07) is 5.74. The van der Waals surface area contributed by atoms with Crippen LogP contribution in [-0.2, 0) is 4.74 Å². The summed E-state index contributed by atoms with van der Waals surface area (Å²) in [7, 11) is 1.69. The molecule has 0 saturated carbocycles. The second kappa shape index (κ2) is 10.0. The van der Waals surface area contributed by atoms with Gasteiger partial charge in [-0.1, -0.05) is 24.9 Å². The van der Waals surface area contributed by atoms with Crippen LogP contribution in [0.1, 0.15) is 25.3 Å². The third kappa shape index (κ3) is 7.14.